The van der Waals surface area contributed by atoms with Crippen LogP contribution in [0.25, 0.3) is 0 Å². The third-order valence-corrected chi connectivity index (χ3v) is 6.76. The van der Waals surface area contributed by atoms with E-state index in [-0.39, 0.29) is 38.0 Å². The number of carbonyl (C=O) groups is 1. The van der Waals surface area contributed by atoms with Gasteiger partial charge in [0.2, 0.25) is 0 Å². The minimum absolute atomic E-state index is 0.0265. The van der Waals surface area contributed by atoms with Gasteiger partial charge in [0, 0.05) is 11.8 Å². The molecule has 2 aliphatic rings. The SMILES string of the molecule is CC(=O)[C@@]1(C)CSC(c2ncc(OCCOCCO[C@H]3OC(CO)[C@H](O)[C@H](O)C3O)cc2O)=N1. The van der Waals surface area contributed by atoms with Crippen LogP contribution >= 0.6 is 11.8 Å². The number of pyridine rings is 1. The highest BCUT2D eigenvalue weighted by Crippen LogP contribution is 2.34. The van der Waals surface area contributed by atoms with E-state index in [1.807, 2.05) is 0 Å². The molecule has 5 N–H and O–H groups in total. The number of hydrogen-bond donors (Lipinski definition) is 5. The van der Waals surface area contributed by atoms with Crippen molar-refractivity contribution in [2.75, 3.05) is 38.8 Å². The van der Waals surface area contributed by atoms with Crippen molar-refractivity contribution < 1.29 is 49.3 Å². The summed E-state index contributed by atoms with van der Waals surface area (Å²) in [6, 6.07) is 1.41. The third-order valence-electron chi connectivity index (χ3n) is 5.50. The van der Waals surface area contributed by atoms with Crippen LogP contribution in [0.1, 0.15) is 19.5 Å². The van der Waals surface area contributed by atoms with Crippen LogP contribution in [0, 0.1) is 0 Å². The number of thioether (sulfide) groups is 1. The van der Waals surface area contributed by atoms with Crippen molar-refractivity contribution in [2.45, 2.75) is 50.1 Å². The molecule has 0 radical (unpaired) electrons. The summed E-state index contributed by atoms with van der Waals surface area (Å²) in [5.74, 6) is 0.674. The van der Waals surface area contributed by atoms with Gasteiger partial charge in [0.15, 0.2) is 12.1 Å². The van der Waals surface area contributed by atoms with Crippen molar-refractivity contribution in [3.63, 3.8) is 0 Å². The van der Waals surface area contributed by atoms with Gasteiger partial charge in [-0.2, -0.15) is 0 Å². The first-order chi connectivity index (χ1) is 16.2. The summed E-state index contributed by atoms with van der Waals surface area (Å²) in [4.78, 5) is 20.4. The number of carbonyl (C=O) groups excluding carboxylic acids is 1. The van der Waals surface area contributed by atoms with Crippen LogP contribution in [0.2, 0.25) is 0 Å². The second-order valence-corrected chi connectivity index (χ2v) is 9.07. The van der Waals surface area contributed by atoms with Gasteiger partial charge in [-0.05, 0) is 13.8 Å². The molecule has 0 aliphatic carbocycles. The average molecular weight is 503 g/mol. The van der Waals surface area contributed by atoms with E-state index in [1.54, 1.807) is 6.92 Å². The number of ketones is 1. The number of aromatic hydroxyl groups is 1. The topological polar surface area (TPSA) is 180 Å². The maximum absolute atomic E-state index is 11.8. The Bertz CT molecular complexity index is 885. The molecule has 3 heterocycles. The Morgan fingerprint density at radius 2 is 1.94 bits per heavy atom. The van der Waals surface area contributed by atoms with Crippen LogP contribution in [0.15, 0.2) is 17.3 Å². The van der Waals surface area contributed by atoms with Crippen LogP contribution in [-0.2, 0) is 19.0 Å². The van der Waals surface area contributed by atoms with Gasteiger partial charge in [0.05, 0.1) is 32.6 Å². The molecule has 1 fully saturated rings. The fourth-order valence-corrected chi connectivity index (χ4v) is 4.47. The van der Waals surface area contributed by atoms with Crippen LogP contribution < -0.4 is 4.74 Å². The first-order valence-corrected chi connectivity index (χ1v) is 11.7. The molecule has 0 aromatic carbocycles. The van der Waals surface area contributed by atoms with E-state index in [4.69, 9.17) is 24.1 Å². The number of Topliss-reactive ketones (excluding diaryl/α,β-unsaturated/α-hetero) is 1. The minimum atomic E-state index is -1.50. The van der Waals surface area contributed by atoms with Crippen molar-refractivity contribution in [2.24, 2.45) is 4.99 Å². The summed E-state index contributed by atoms with van der Waals surface area (Å²) in [5, 5.41) is 49.3. The number of aliphatic hydroxyl groups excluding tert-OH is 4. The first-order valence-electron chi connectivity index (χ1n) is 10.7. The molecule has 1 aromatic rings. The number of hydrogen-bond acceptors (Lipinski definition) is 13. The smallest absolute Gasteiger partial charge is 0.186 e. The maximum atomic E-state index is 11.8. The van der Waals surface area contributed by atoms with E-state index >= 15 is 0 Å². The molecule has 0 amide bonds. The van der Waals surface area contributed by atoms with Crippen molar-refractivity contribution >= 4 is 22.6 Å². The number of ether oxygens (including phenoxy) is 4. The lowest BCUT2D eigenvalue weighted by Gasteiger charge is -2.39. The normalized spacial score (nSPS) is 31.4. The summed E-state index contributed by atoms with van der Waals surface area (Å²) in [7, 11) is 0. The molecule has 190 valence electrons. The second kappa shape index (κ2) is 11.7. The molecule has 2 aliphatic heterocycles. The Kier molecular flexibility index (Phi) is 9.23. The predicted molar refractivity (Wildman–Crippen MR) is 120 cm³/mol. The van der Waals surface area contributed by atoms with Gasteiger partial charge in [-0.15, -0.1) is 11.8 Å². The van der Waals surface area contributed by atoms with Gasteiger partial charge in [-0.1, -0.05) is 0 Å². The Morgan fingerprint density at radius 3 is 2.59 bits per heavy atom. The second-order valence-electron chi connectivity index (χ2n) is 8.10. The Labute approximate surface area is 200 Å². The molecule has 6 atom stereocenters. The summed E-state index contributed by atoms with van der Waals surface area (Å²) in [6.07, 6.45) is -5.20. The van der Waals surface area contributed by atoms with Crippen molar-refractivity contribution in [3.05, 3.63) is 18.0 Å². The Morgan fingerprint density at radius 1 is 1.21 bits per heavy atom. The Balaban J connectivity index is 1.37. The number of aliphatic hydroxyl groups is 4. The lowest BCUT2D eigenvalue weighted by atomic mass is 9.99. The molecule has 1 aromatic heterocycles. The Hall–Kier alpha value is -1.84. The molecule has 0 bridgehead atoms. The fraction of sp³-hybridized carbons (Fsp3) is 0.667. The lowest BCUT2D eigenvalue weighted by molar-refractivity contribution is -0.302. The van der Waals surface area contributed by atoms with Crippen molar-refractivity contribution in [3.8, 4) is 11.5 Å². The molecule has 12 nitrogen and oxygen atoms in total. The van der Waals surface area contributed by atoms with Gasteiger partial charge in [0.1, 0.15) is 58.8 Å². The number of nitrogens with zero attached hydrogens (tertiary/aromatic N) is 2. The van der Waals surface area contributed by atoms with E-state index in [0.29, 0.717) is 22.2 Å². The van der Waals surface area contributed by atoms with E-state index < -0.39 is 42.9 Å². The maximum Gasteiger partial charge on any atom is 0.186 e. The number of rotatable bonds is 11. The highest BCUT2D eigenvalue weighted by atomic mass is 32.2. The quantitative estimate of drug-likeness (QED) is 0.229. The largest absolute Gasteiger partial charge is 0.505 e. The van der Waals surface area contributed by atoms with Crippen LogP contribution in [0.4, 0.5) is 0 Å². The highest BCUT2D eigenvalue weighted by Gasteiger charge is 2.44. The molecule has 13 heteroatoms. The molecular weight excluding hydrogens is 472 g/mol. The molecule has 1 saturated heterocycles. The monoisotopic (exact) mass is 502 g/mol. The standard InChI is InChI=1S/C21H30N2O10S/c1-11(25)21(2)10-34-19(23-21)15-13(26)7-12(8-22-15)31-5-3-30-4-6-32-20-18(29)17(28)16(27)14(9-24)33-20/h7-8,14,16-18,20,24,26-29H,3-6,9-10H2,1-2H3/t14?,16-,17-,18?,20-,21+/m0/s1. The summed E-state index contributed by atoms with van der Waals surface area (Å²) in [6.45, 7) is 3.22. The number of aliphatic imine (C=N–C) groups is 1. The molecule has 3 rings (SSSR count). The zero-order chi connectivity index (χ0) is 24.9. The van der Waals surface area contributed by atoms with E-state index in [2.05, 4.69) is 9.98 Å². The molecule has 0 spiro atoms. The van der Waals surface area contributed by atoms with Crippen molar-refractivity contribution in [1.29, 1.82) is 0 Å². The number of aromatic nitrogens is 1. The van der Waals surface area contributed by atoms with Crippen LogP contribution in [0.5, 0.6) is 11.5 Å². The summed E-state index contributed by atoms with van der Waals surface area (Å²) >= 11 is 1.36. The summed E-state index contributed by atoms with van der Waals surface area (Å²) in [5.41, 5.74) is -0.517. The van der Waals surface area contributed by atoms with Gasteiger partial charge >= 0.3 is 0 Å². The van der Waals surface area contributed by atoms with E-state index in [1.165, 1.54) is 30.9 Å². The van der Waals surface area contributed by atoms with Crippen molar-refractivity contribution in [1.82, 2.24) is 4.98 Å². The molecule has 2 unspecified atom stereocenters. The fourth-order valence-electron chi connectivity index (χ4n) is 3.23. The molecular formula is C21H30N2O10S. The van der Waals surface area contributed by atoms with Gasteiger partial charge in [-0.25, -0.2) is 4.98 Å². The molecule has 0 saturated carbocycles. The van der Waals surface area contributed by atoms with E-state index in [0.717, 1.165) is 0 Å². The van der Waals surface area contributed by atoms with Gasteiger partial charge < -0.3 is 44.5 Å². The predicted octanol–water partition coefficient (Wildman–Crippen LogP) is -1.16. The van der Waals surface area contributed by atoms with Crippen LogP contribution in [-0.4, -0.2) is 116 Å². The highest BCUT2D eigenvalue weighted by molar-refractivity contribution is 8.14. The zero-order valence-electron chi connectivity index (χ0n) is 18.9. The van der Waals surface area contributed by atoms with E-state index in [9.17, 15) is 25.2 Å². The third kappa shape index (κ3) is 6.23. The van der Waals surface area contributed by atoms with Crippen LogP contribution in [0.3, 0.4) is 0 Å². The first kappa shape index (κ1) is 26.8. The van der Waals surface area contributed by atoms with Gasteiger partial charge in [-0.3, -0.25) is 9.79 Å². The minimum Gasteiger partial charge on any atom is -0.505 e. The average Bonchev–Trinajstić information content (AvgIpc) is 3.21. The lowest BCUT2D eigenvalue weighted by Crippen LogP contribution is -2.59. The zero-order valence-corrected chi connectivity index (χ0v) is 19.7. The van der Waals surface area contributed by atoms with Gasteiger partial charge in [0.25, 0.3) is 0 Å². The summed E-state index contributed by atoms with van der Waals surface area (Å²) < 4.78 is 21.4. The molecule has 34 heavy (non-hydrogen) atoms.